The molecule has 1 saturated carbocycles. The molecule has 0 spiro atoms. The van der Waals surface area contributed by atoms with Crippen molar-refractivity contribution in [2.45, 2.75) is 56.4 Å². The molecule has 1 aliphatic carbocycles. The van der Waals surface area contributed by atoms with Crippen LogP contribution in [0.3, 0.4) is 0 Å². The van der Waals surface area contributed by atoms with E-state index in [-0.39, 0.29) is 11.8 Å². The molecule has 2 aliphatic rings. The Morgan fingerprint density at radius 2 is 1.62 bits per heavy atom. The average molecular weight is 350 g/mol. The Labute approximate surface area is 144 Å². The molecule has 0 unspecified atom stereocenters. The Hall–Kier alpha value is -1.40. The van der Waals surface area contributed by atoms with Crippen LogP contribution in [0, 0.1) is 12.8 Å². The third-order valence-electron chi connectivity index (χ3n) is 5.19. The Morgan fingerprint density at radius 3 is 2.21 bits per heavy atom. The number of hydrogen-bond donors (Lipinski definition) is 1. The number of aryl methyl sites for hydroxylation is 1. The lowest BCUT2D eigenvalue weighted by Crippen LogP contribution is -2.44. The van der Waals surface area contributed by atoms with Crippen molar-refractivity contribution in [2.75, 3.05) is 13.1 Å². The SMILES string of the molecule is Cc1ccc(S(=O)(=O)N2CCC(C(=O)NC3CCCC3)CC2)cc1. The van der Waals surface area contributed by atoms with Gasteiger partial charge in [0.1, 0.15) is 0 Å². The van der Waals surface area contributed by atoms with Gasteiger partial charge in [-0.1, -0.05) is 30.5 Å². The summed E-state index contributed by atoms with van der Waals surface area (Å²) in [6.45, 7) is 2.77. The van der Waals surface area contributed by atoms with Gasteiger partial charge in [0.25, 0.3) is 0 Å². The highest BCUT2D eigenvalue weighted by Crippen LogP contribution is 2.25. The molecule has 5 nitrogen and oxygen atoms in total. The molecule has 1 aromatic carbocycles. The van der Waals surface area contributed by atoms with Gasteiger partial charge in [-0.25, -0.2) is 8.42 Å². The summed E-state index contributed by atoms with van der Waals surface area (Å²) in [5.41, 5.74) is 1.04. The number of rotatable bonds is 4. The summed E-state index contributed by atoms with van der Waals surface area (Å²) in [5, 5.41) is 3.13. The number of nitrogens with zero attached hydrogens (tertiary/aromatic N) is 1. The van der Waals surface area contributed by atoms with E-state index in [2.05, 4.69) is 5.32 Å². The van der Waals surface area contributed by atoms with Gasteiger partial charge in [-0.2, -0.15) is 4.31 Å². The van der Waals surface area contributed by atoms with Crippen molar-refractivity contribution in [3.8, 4) is 0 Å². The fourth-order valence-electron chi connectivity index (χ4n) is 3.61. The molecular formula is C18H26N2O3S. The van der Waals surface area contributed by atoms with Crippen LogP contribution in [0.1, 0.15) is 44.1 Å². The van der Waals surface area contributed by atoms with E-state index in [9.17, 15) is 13.2 Å². The first-order valence-electron chi connectivity index (χ1n) is 8.84. The highest BCUT2D eigenvalue weighted by atomic mass is 32.2. The van der Waals surface area contributed by atoms with Crippen LogP contribution in [-0.2, 0) is 14.8 Å². The standard InChI is InChI=1S/C18H26N2O3S/c1-14-6-8-17(9-7-14)24(22,23)20-12-10-15(11-13-20)18(21)19-16-4-2-3-5-16/h6-9,15-16H,2-5,10-13H2,1H3,(H,19,21). The van der Waals surface area contributed by atoms with Crippen molar-refractivity contribution in [3.63, 3.8) is 0 Å². The number of nitrogens with one attached hydrogen (secondary N) is 1. The van der Waals surface area contributed by atoms with Gasteiger partial charge in [0.05, 0.1) is 4.90 Å². The first-order chi connectivity index (χ1) is 11.5. The number of sulfonamides is 1. The largest absolute Gasteiger partial charge is 0.353 e. The van der Waals surface area contributed by atoms with Crippen LogP contribution in [0.25, 0.3) is 0 Å². The summed E-state index contributed by atoms with van der Waals surface area (Å²) in [4.78, 5) is 12.7. The van der Waals surface area contributed by atoms with Crippen LogP contribution in [0.15, 0.2) is 29.2 Å². The first-order valence-corrected chi connectivity index (χ1v) is 10.3. The van der Waals surface area contributed by atoms with E-state index in [1.807, 2.05) is 19.1 Å². The Balaban J connectivity index is 1.57. The fourth-order valence-corrected chi connectivity index (χ4v) is 5.08. The van der Waals surface area contributed by atoms with E-state index in [0.717, 1.165) is 18.4 Å². The third-order valence-corrected chi connectivity index (χ3v) is 7.10. The molecule has 0 atom stereocenters. The van der Waals surface area contributed by atoms with Crippen LogP contribution < -0.4 is 5.32 Å². The second-order valence-electron chi connectivity index (χ2n) is 6.98. The van der Waals surface area contributed by atoms with Crippen molar-refractivity contribution >= 4 is 15.9 Å². The molecule has 0 radical (unpaired) electrons. The Kier molecular flexibility index (Phi) is 5.25. The fraction of sp³-hybridized carbons (Fsp3) is 0.611. The highest BCUT2D eigenvalue weighted by Gasteiger charge is 2.32. The minimum atomic E-state index is -3.45. The lowest BCUT2D eigenvalue weighted by molar-refractivity contribution is -0.126. The number of carbonyl (C=O) groups is 1. The van der Waals surface area contributed by atoms with Gasteiger partial charge in [0.2, 0.25) is 15.9 Å². The molecule has 132 valence electrons. The molecule has 1 amide bonds. The summed E-state index contributed by atoms with van der Waals surface area (Å²) < 4.78 is 26.9. The maximum Gasteiger partial charge on any atom is 0.243 e. The maximum atomic E-state index is 12.7. The molecule has 24 heavy (non-hydrogen) atoms. The number of benzene rings is 1. The molecule has 0 bridgehead atoms. The maximum absolute atomic E-state index is 12.7. The molecule has 3 rings (SSSR count). The summed E-state index contributed by atoms with van der Waals surface area (Å²) in [6, 6.07) is 7.27. The zero-order chi connectivity index (χ0) is 17.2. The molecule has 1 aliphatic heterocycles. The van der Waals surface area contributed by atoms with E-state index in [0.29, 0.717) is 36.9 Å². The monoisotopic (exact) mass is 350 g/mol. The predicted octanol–water partition coefficient (Wildman–Crippen LogP) is 2.45. The van der Waals surface area contributed by atoms with Crippen LogP contribution in [0.5, 0.6) is 0 Å². The second-order valence-corrected chi connectivity index (χ2v) is 8.92. The summed E-state index contributed by atoms with van der Waals surface area (Å²) in [6.07, 6.45) is 5.74. The molecule has 2 fully saturated rings. The van der Waals surface area contributed by atoms with E-state index >= 15 is 0 Å². The van der Waals surface area contributed by atoms with Crippen molar-refractivity contribution < 1.29 is 13.2 Å². The van der Waals surface area contributed by atoms with Crippen molar-refractivity contribution in [2.24, 2.45) is 5.92 Å². The summed E-state index contributed by atoms with van der Waals surface area (Å²) >= 11 is 0. The molecule has 1 aromatic rings. The Morgan fingerprint density at radius 1 is 1.04 bits per heavy atom. The molecule has 1 saturated heterocycles. The number of amides is 1. The van der Waals surface area contributed by atoms with Gasteiger partial charge in [-0.05, 0) is 44.7 Å². The van der Waals surface area contributed by atoms with E-state index in [1.54, 1.807) is 12.1 Å². The van der Waals surface area contributed by atoms with Crippen LogP contribution in [0.4, 0.5) is 0 Å². The second kappa shape index (κ2) is 7.23. The molecule has 0 aromatic heterocycles. The predicted molar refractivity (Wildman–Crippen MR) is 93.1 cm³/mol. The van der Waals surface area contributed by atoms with Crippen LogP contribution in [-0.4, -0.2) is 37.8 Å². The number of hydrogen-bond acceptors (Lipinski definition) is 3. The van der Waals surface area contributed by atoms with Crippen molar-refractivity contribution in [1.82, 2.24) is 9.62 Å². The smallest absolute Gasteiger partial charge is 0.243 e. The zero-order valence-corrected chi connectivity index (χ0v) is 15.0. The van der Waals surface area contributed by atoms with Gasteiger partial charge in [-0.15, -0.1) is 0 Å². The lowest BCUT2D eigenvalue weighted by Gasteiger charge is -2.31. The molecular weight excluding hydrogens is 324 g/mol. The van der Waals surface area contributed by atoms with E-state index < -0.39 is 10.0 Å². The summed E-state index contributed by atoms with van der Waals surface area (Å²) in [7, 11) is -3.45. The van der Waals surface area contributed by atoms with Gasteiger partial charge < -0.3 is 5.32 Å². The quantitative estimate of drug-likeness (QED) is 0.907. The molecule has 1 heterocycles. The van der Waals surface area contributed by atoms with Gasteiger partial charge in [0, 0.05) is 25.0 Å². The minimum absolute atomic E-state index is 0.0601. The normalized spacial score (nSPS) is 21.0. The van der Waals surface area contributed by atoms with Crippen molar-refractivity contribution in [3.05, 3.63) is 29.8 Å². The number of piperidine rings is 1. The first kappa shape index (κ1) is 17.4. The average Bonchev–Trinajstić information content (AvgIpc) is 3.08. The lowest BCUT2D eigenvalue weighted by atomic mass is 9.97. The van der Waals surface area contributed by atoms with Crippen LogP contribution >= 0.6 is 0 Å². The Bertz CT molecular complexity index is 671. The van der Waals surface area contributed by atoms with Gasteiger partial charge in [-0.3, -0.25) is 4.79 Å². The van der Waals surface area contributed by atoms with Gasteiger partial charge in [0.15, 0.2) is 0 Å². The minimum Gasteiger partial charge on any atom is -0.353 e. The molecule has 1 N–H and O–H groups in total. The highest BCUT2D eigenvalue weighted by molar-refractivity contribution is 7.89. The number of carbonyl (C=O) groups excluding carboxylic acids is 1. The van der Waals surface area contributed by atoms with Gasteiger partial charge >= 0.3 is 0 Å². The van der Waals surface area contributed by atoms with E-state index in [1.165, 1.54) is 17.1 Å². The van der Waals surface area contributed by atoms with Crippen LogP contribution in [0.2, 0.25) is 0 Å². The van der Waals surface area contributed by atoms with E-state index in [4.69, 9.17) is 0 Å². The summed E-state index contributed by atoms with van der Waals surface area (Å²) in [5.74, 6) is 0.0457. The zero-order valence-electron chi connectivity index (χ0n) is 14.2. The molecule has 6 heteroatoms. The topological polar surface area (TPSA) is 66.5 Å². The van der Waals surface area contributed by atoms with Crippen molar-refractivity contribution in [1.29, 1.82) is 0 Å². The third kappa shape index (κ3) is 3.81.